The summed E-state index contributed by atoms with van der Waals surface area (Å²) in [6.45, 7) is 2.97. The lowest BCUT2D eigenvalue weighted by Gasteiger charge is -2.30. The smallest absolute Gasteiger partial charge is 0.232 e. The van der Waals surface area contributed by atoms with Gasteiger partial charge in [0.1, 0.15) is 6.10 Å². The van der Waals surface area contributed by atoms with E-state index < -0.39 is 0 Å². The number of nitrogens with zero attached hydrogens (tertiary/aromatic N) is 2. The van der Waals surface area contributed by atoms with E-state index in [2.05, 4.69) is 22.2 Å². The van der Waals surface area contributed by atoms with E-state index in [1.807, 2.05) is 7.05 Å². The van der Waals surface area contributed by atoms with Crippen molar-refractivity contribution in [3.8, 4) is 5.88 Å². The molecule has 2 rings (SSSR count). The van der Waals surface area contributed by atoms with Crippen LogP contribution in [0.1, 0.15) is 44.7 Å². The lowest BCUT2D eigenvalue weighted by atomic mass is 9.85. The third-order valence-corrected chi connectivity index (χ3v) is 3.66. The molecule has 0 saturated heterocycles. The highest BCUT2D eigenvalue weighted by atomic mass is 16.5. The van der Waals surface area contributed by atoms with Gasteiger partial charge in [-0.2, -0.15) is 0 Å². The minimum absolute atomic E-state index is 0.322. The molecule has 2 atom stereocenters. The average Bonchev–Trinajstić information content (AvgIpc) is 2.40. The summed E-state index contributed by atoms with van der Waals surface area (Å²) < 4.78 is 6.04. The van der Waals surface area contributed by atoms with Crippen molar-refractivity contribution in [3.63, 3.8) is 0 Å². The van der Waals surface area contributed by atoms with E-state index in [9.17, 15) is 0 Å². The van der Waals surface area contributed by atoms with Crippen molar-refractivity contribution >= 4 is 0 Å². The standard InChI is InChI=1S/C14H23N3O/c1-3-11-6-4-5-7-13(11)18-14-10-16-9-12(17-14)8-15-2/h9-11,13,15H,3-8H2,1-2H3. The van der Waals surface area contributed by atoms with E-state index in [0.717, 1.165) is 18.7 Å². The van der Waals surface area contributed by atoms with E-state index in [1.54, 1.807) is 12.4 Å². The molecule has 1 aromatic rings. The van der Waals surface area contributed by atoms with Crippen molar-refractivity contribution in [3.05, 3.63) is 18.1 Å². The Morgan fingerprint density at radius 1 is 1.33 bits per heavy atom. The summed E-state index contributed by atoms with van der Waals surface area (Å²) in [6, 6.07) is 0. The summed E-state index contributed by atoms with van der Waals surface area (Å²) in [4.78, 5) is 8.67. The van der Waals surface area contributed by atoms with Gasteiger partial charge in [-0.25, -0.2) is 4.98 Å². The van der Waals surface area contributed by atoms with Gasteiger partial charge in [0, 0.05) is 12.7 Å². The van der Waals surface area contributed by atoms with E-state index in [4.69, 9.17) is 4.74 Å². The number of rotatable bonds is 5. The zero-order valence-electron chi connectivity index (χ0n) is 11.4. The quantitative estimate of drug-likeness (QED) is 0.871. The van der Waals surface area contributed by atoms with Crippen molar-refractivity contribution in [1.82, 2.24) is 15.3 Å². The van der Waals surface area contributed by atoms with Crippen molar-refractivity contribution in [2.45, 2.75) is 51.7 Å². The molecular formula is C14H23N3O. The normalized spacial score (nSPS) is 23.9. The predicted molar refractivity (Wildman–Crippen MR) is 71.5 cm³/mol. The van der Waals surface area contributed by atoms with Crippen LogP contribution in [0.2, 0.25) is 0 Å². The van der Waals surface area contributed by atoms with Gasteiger partial charge < -0.3 is 10.1 Å². The molecule has 0 radical (unpaired) electrons. The van der Waals surface area contributed by atoms with Crippen LogP contribution in [-0.2, 0) is 6.54 Å². The van der Waals surface area contributed by atoms with E-state index >= 15 is 0 Å². The molecule has 1 N–H and O–H groups in total. The minimum atomic E-state index is 0.322. The van der Waals surface area contributed by atoms with Gasteiger partial charge in [0.25, 0.3) is 0 Å². The highest BCUT2D eigenvalue weighted by Gasteiger charge is 2.25. The molecule has 1 saturated carbocycles. The van der Waals surface area contributed by atoms with Gasteiger partial charge >= 0.3 is 0 Å². The van der Waals surface area contributed by atoms with Crippen LogP contribution in [0.15, 0.2) is 12.4 Å². The monoisotopic (exact) mass is 249 g/mol. The van der Waals surface area contributed by atoms with Crippen molar-refractivity contribution in [2.24, 2.45) is 5.92 Å². The van der Waals surface area contributed by atoms with Crippen LogP contribution in [0.5, 0.6) is 5.88 Å². The minimum Gasteiger partial charge on any atom is -0.473 e. The van der Waals surface area contributed by atoms with Crippen LogP contribution in [0.3, 0.4) is 0 Å². The maximum Gasteiger partial charge on any atom is 0.232 e. The lowest BCUT2D eigenvalue weighted by molar-refractivity contribution is 0.0852. The maximum absolute atomic E-state index is 6.04. The summed E-state index contributed by atoms with van der Waals surface area (Å²) in [5, 5.41) is 3.08. The SMILES string of the molecule is CCC1CCCCC1Oc1cncc(CNC)n1. The lowest BCUT2D eigenvalue weighted by Crippen LogP contribution is -2.30. The van der Waals surface area contributed by atoms with Gasteiger partial charge in [0.15, 0.2) is 0 Å². The van der Waals surface area contributed by atoms with E-state index in [0.29, 0.717) is 17.9 Å². The predicted octanol–water partition coefficient (Wildman–Crippen LogP) is 2.54. The molecule has 18 heavy (non-hydrogen) atoms. The highest BCUT2D eigenvalue weighted by Crippen LogP contribution is 2.29. The number of aromatic nitrogens is 2. The van der Waals surface area contributed by atoms with Gasteiger partial charge in [0.05, 0.1) is 11.9 Å². The first-order valence-electron chi connectivity index (χ1n) is 6.95. The Hall–Kier alpha value is -1.16. The summed E-state index contributed by atoms with van der Waals surface area (Å²) in [6.07, 6.45) is 10.1. The zero-order valence-corrected chi connectivity index (χ0v) is 11.4. The second kappa shape index (κ2) is 6.69. The fourth-order valence-corrected chi connectivity index (χ4v) is 2.66. The Morgan fingerprint density at radius 2 is 2.17 bits per heavy atom. The van der Waals surface area contributed by atoms with Crippen molar-refractivity contribution in [2.75, 3.05) is 7.05 Å². The second-order valence-corrected chi connectivity index (χ2v) is 4.99. The van der Waals surface area contributed by atoms with E-state index in [1.165, 1.54) is 25.7 Å². The molecule has 100 valence electrons. The van der Waals surface area contributed by atoms with Crippen LogP contribution >= 0.6 is 0 Å². The first kappa shape index (κ1) is 13.3. The Balaban J connectivity index is 2.00. The Labute approximate surface area is 109 Å². The van der Waals surface area contributed by atoms with Gasteiger partial charge in [-0.05, 0) is 38.6 Å². The van der Waals surface area contributed by atoms with Crippen LogP contribution in [-0.4, -0.2) is 23.1 Å². The summed E-state index contributed by atoms with van der Waals surface area (Å²) in [5.41, 5.74) is 0.929. The molecule has 0 spiro atoms. The van der Waals surface area contributed by atoms with Gasteiger partial charge in [-0.1, -0.05) is 13.3 Å². The zero-order chi connectivity index (χ0) is 12.8. The number of ether oxygens (including phenoxy) is 1. The largest absolute Gasteiger partial charge is 0.473 e. The molecule has 1 heterocycles. The molecule has 1 aliphatic carbocycles. The summed E-state index contributed by atoms with van der Waals surface area (Å²) in [5.74, 6) is 1.35. The molecule has 2 unspecified atom stereocenters. The first-order valence-corrected chi connectivity index (χ1v) is 6.95. The van der Waals surface area contributed by atoms with Crippen molar-refractivity contribution < 1.29 is 4.74 Å². The summed E-state index contributed by atoms with van der Waals surface area (Å²) in [7, 11) is 1.91. The molecule has 0 aliphatic heterocycles. The number of hydrogen-bond acceptors (Lipinski definition) is 4. The topological polar surface area (TPSA) is 47.0 Å². The first-order chi connectivity index (χ1) is 8.83. The summed E-state index contributed by atoms with van der Waals surface area (Å²) >= 11 is 0. The van der Waals surface area contributed by atoms with Crippen LogP contribution < -0.4 is 10.1 Å². The van der Waals surface area contributed by atoms with Gasteiger partial charge in [-0.3, -0.25) is 4.98 Å². The second-order valence-electron chi connectivity index (χ2n) is 4.99. The molecule has 0 bridgehead atoms. The van der Waals surface area contributed by atoms with E-state index in [-0.39, 0.29) is 0 Å². The molecule has 1 aliphatic rings. The number of nitrogens with one attached hydrogen (secondary N) is 1. The highest BCUT2D eigenvalue weighted by molar-refractivity contribution is 5.09. The average molecular weight is 249 g/mol. The molecule has 1 fully saturated rings. The van der Waals surface area contributed by atoms with Crippen LogP contribution in [0.4, 0.5) is 0 Å². The molecular weight excluding hydrogens is 226 g/mol. The van der Waals surface area contributed by atoms with Gasteiger partial charge in [0.2, 0.25) is 5.88 Å². The van der Waals surface area contributed by atoms with Crippen LogP contribution in [0, 0.1) is 5.92 Å². The van der Waals surface area contributed by atoms with Crippen LogP contribution in [0.25, 0.3) is 0 Å². The Morgan fingerprint density at radius 3 is 2.94 bits per heavy atom. The van der Waals surface area contributed by atoms with Crippen molar-refractivity contribution in [1.29, 1.82) is 0 Å². The molecule has 1 aromatic heterocycles. The maximum atomic E-state index is 6.04. The molecule has 4 heteroatoms. The third-order valence-electron chi connectivity index (χ3n) is 3.66. The number of hydrogen-bond donors (Lipinski definition) is 1. The Kier molecular flexibility index (Phi) is 4.93. The Bertz CT molecular complexity index is 370. The molecule has 4 nitrogen and oxygen atoms in total. The molecule has 0 aromatic carbocycles. The fourth-order valence-electron chi connectivity index (χ4n) is 2.66. The van der Waals surface area contributed by atoms with Gasteiger partial charge in [-0.15, -0.1) is 0 Å². The third kappa shape index (κ3) is 3.42. The fraction of sp³-hybridized carbons (Fsp3) is 0.714. The molecule has 0 amide bonds.